The number of benzene rings is 1. The number of hydrogen-bond donors (Lipinski definition) is 2. The van der Waals surface area contributed by atoms with Crippen molar-refractivity contribution in [3.05, 3.63) is 51.0 Å². The van der Waals surface area contributed by atoms with E-state index in [1.807, 2.05) is 18.2 Å². The highest BCUT2D eigenvalue weighted by Crippen LogP contribution is 2.13. The Hall–Kier alpha value is -2.21. The average Bonchev–Trinajstić information content (AvgIpc) is 2.30. The van der Waals surface area contributed by atoms with Gasteiger partial charge in [0.1, 0.15) is 11.4 Å². The third-order valence-electron chi connectivity index (χ3n) is 2.32. The minimum absolute atomic E-state index is 0.0416. The van der Waals surface area contributed by atoms with E-state index in [1.54, 1.807) is 12.1 Å². The number of aromatic nitrogens is 2. The monoisotopic (exact) mass is 247 g/mol. The zero-order valence-corrected chi connectivity index (χ0v) is 9.53. The predicted molar refractivity (Wildman–Crippen MR) is 67.0 cm³/mol. The number of nitrogens with zero attached hydrogens (tertiary/aromatic N) is 1. The Bertz CT molecular complexity index is 673. The van der Waals surface area contributed by atoms with E-state index in [2.05, 4.69) is 4.98 Å². The van der Waals surface area contributed by atoms with Crippen LogP contribution < -0.4 is 11.3 Å². The Labute approximate surface area is 102 Å². The van der Waals surface area contributed by atoms with Gasteiger partial charge in [-0.25, -0.2) is 0 Å². The number of carbonyl (C=O) groups excluding carboxylic acids is 1. The summed E-state index contributed by atoms with van der Waals surface area (Å²) < 4.78 is 1.60. The third kappa shape index (κ3) is 1.90. The number of carbonyl (C=O) groups is 1. The molecule has 0 aliphatic heterocycles. The summed E-state index contributed by atoms with van der Waals surface area (Å²) in [5.41, 5.74) is 5.76. The topological polar surface area (TPSA) is 80.9 Å². The number of nitrogens with one attached hydrogen (secondary N) is 1. The standard InChI is InChI=1S/C11H9N3O2S/c12-9-8(6-15)10(16)13-11(17)14(9)7-4-2-1-3-5-7/h1-6H,12H2,(H,13,16,17). The molecule has 1 aromatic heterocycles. The van der Waals surface area contributed by atoms with Crippen molar-refractivity contribution in [3.63, 3.8) is 0 Å². The maximum Gasteiger partial charge on any atom is 0.264 e. The molecule has 5 nitrogen and oxygen atoms in total. The summed E-state index contributed by atoms with van der Waals surface area (Å²) in [4.78, 5) is 24.6. The molecule has 0 fully saturated rings. The molecule has 17 heavy (non-hydrogen) atoms. The summed E-state index contributed by atoms with van der Waals surface area (Å²) in [6, 6.07) is 9.01. The summed E-state index contributed by atoms with van der Waals surface area (Å²) in [5.74, 6) is 0.0416. The summed E-state index contributed by atoms with van der Waals surface area (Å²) in [7, 11) is 0. The van der Waals surface area contributed by atoms with E-state index in [1.165, 1.54) is 4.57 Å². The second-order valence-electron chi connectivity index (χ2n) is 3.35. The fourth-order valence-electron chi connectivity index (χ4n) is 1.51. The quantitative estimate of drug-likeness (QED) is 0.619. The summed E-state index contributed by atoms with van der Waals surface area (Å²) in [5, 5.41) is 0. The lowest BCUT2D eigenvalue weighted by Gasteiger charge is -2.11. The third-order valence-corrected chi connectivity index (χ3v) is 2.60. The molecular weight excluding hydrogens is 238 g/mol. The predicted octanol–water partition coefficient (Wildman–Crippen LogP) is 1.29. The first kappa shape index (κ1) is 11.3. The fraction of sp³-hybridized carbons (Fsp3) is 0. The molecule has 0 atom stereocenters. The Kier molecular flexibility index (Phi) is 2.88. The van der Waals surface area contributed by atoms with Crippen LogP contribution in [-0.4, -0.2) is 15.8 Å². The lowest BCUT2D eigenvalue weighted by atomic mass is 10.3. The fourth-order valence-corrected chi connectivity index (χ4v) is 1.81. The Morgan fingerprint density at radius 2 is 1.94 bits per heavy atom. The highest BCUT2D eigenvalue weighted by atomic mass is 32.1. The molecule has 0 unspecified atom stereocenters. The lowest BCUT2D eigenvalue weighted by molar-refractivity contribution is 0.112. The normalized spacial score (nSPS) is 10.1. The van der Waals surface area contributed by atoms with Gasteiger partial charge in [-0.2, -0.15) is 0 Å². The number of aromatic amines is 1. The molecule has 2 aromatic rings. The molecule has 0 aliphatic carbocycles. The van der Waals surface area contributed by atoms with Crippen LogP contribution in [-0.2, 0) is 0 Å². The molecule has 0 aliphatic rings. The van der Waals surface area contributed by atoms with E-state index in [4.69, 9.17) is 18.0 Å². The highest BCUT2D eigenvalue weighted by molar-refractivity contribution is 7.71. The molecule has 0 bridgehead atoms. The van der Waals surface area contributed by atoms with Gasteiger partial charge in [0, 0.05) is 5.69 Å². The number of nitrogen functional groups attached to an aromatic ring is 1. The Balaban J connectivity index is 2.84. The molecule has 0 amide bonds. The van der Waals surface area contributed by atoms with Crippen molar-refractivity contribution in [1.29, 1.82) is 0 Å². The molecule has 0 saturated heterocycles. The van der Waals surface area contributed by atoms with Crippen molar-refractivity contribution in [1.82, 2.24) is 9.55 Å². The second-order valence-corrected chi connectivity index (χ2v) is 3.73. The van der Waals surface area contributed by atoms with Crippen LogP contribution >= 0.6 is 12.2 Å². The number of rotatable bonds is 2. The number of anilines is 1. The van der Waals surface area contributed by atoms with Crippen molar-refractivity contribution < 1.29 is 4.79 Å². The molecule has 1 aromatic carbocycles. The van der Waals surface area contributed by atoms with Crippen LogP contribution in [0.15, 0.2) is 35.1 Å². The molecule has 86 valence electrons. The number of nitrogens with two attached hydrogens (primary N) is 1. The molecule has 0 saturated carbocycles. The van der Waals surface area contributed by atoms with Crippen molar-refractivity contribution in [2.24, 2.45) is 0 Å². The number of para-hydroxylation sites is 1. The minimum atomic E-state index is -0.574. The van der Waals surface area contributed by atoms with E-state index in [0.717, 1.165) is 0 Å². The van der Waals surface area contributed by atoms with Gasteiger partial charge in [0.15, 0.2) is 11.1 Å². The van der Waals surface area contributed by atoms with E-state index in [-0.39, 0.29) is 16.2 Å². The van der Waals surface area contributed by atoms with Gasteiger partial charge in [0.05, 0.1) is 0 Å². The van der Waals surface area contributed by atoms with Gasteiger partial charge in [-0.1, -0.05) is 18.2 Å². The van der Waals surface area contributed by atoms with Gasteiger partial charge in [0.25, 0.3) is 5.56 Å². The highest BCUT2D eigenvalue weighted by Gasteiger charge is 2.10. The minimum Gasteiger partial charge on any atom is -0.384 e. The van der Waals surface area contributed by atoms with Gasteiger partial charge in [-0.15, -0.1) is 0 Å². The SMILES string of the molecule is Nc1c(C=O)c(=O)[nH]c(=S)n1-c1ccccc1. The van der Waals surface area contributed by atoms with Crippen molar-refractivity contribution in [2.45, 2.75) is 0 Å². The van der Waals surface area contributed by atoms with E-state index in [9.17, 15) is 9.59 Å². The lowest BCUT2D eigenvalue weighted by Crippen LogP contribution is -2.21. The first-order valence-corrected chi connectivity index (χ1v) is 5.21. The van der Waals surface area contributed by atoms with Crippen LogP contribution in [0.3, 0.4) is 0 Å². The number of H-pyrrole nitrogens is 1. The first-order valence-electron chi connectivity index (χ1n) is 4.80. The van der Waals surface area contributed by atoms with Gasteiger partial charge < -0.3 is 5.73 Å². The second kappa shape index (κ2) is 4.34. The Morgan fingerprint density at radius 3 is 2.53 bits per heavy atom. The van der Waals surface area contributed by atoms with Gasteiger partial charge in [-0.05, 0) is 24.4 Å². The molecule has 6 heteroatoms. The maximum atomic E-state index is 11.4. The molecule has 1 heterocycles. The zero-order chi connectivity index (χ0) is 12.4. The van der Waals surface area contributed by atoms with Crippen LogP contribution in [0.25, 0.3) is 5.69 Å². The van der Waals surface area contributed by atoms with Crippen LogP contribution in [0.4, 0.5) is 5.82 Å². The maximum absolute atomic E-state index is 11.4. The van der Waals surface area contributed by atoms with E-state index < -0.39 is 5.56 Å². The average molecular weight is 247 g/mol. The summed E-state index contributed by atoms with van der Waals surface area (Å²) in [6.45, 7) is 0. The van der Waals surface area contributed by atoms with Gasteiger partial charge >= 0.3 is 0 Å². The largest absolute Gasteiger partial charge is 0.384 e. The number of aldehydes is 1. The smallest absolute Gasteiger partial charge is 0.264 e. The summed E-state index contributed by atoms with van der Waals surface area (Å²) >= 11 is 5.03. The molecule has 0 radical (unpaired) electrons. The molecule has 0 spiro atoms. The van der Waals surface area contributed by atoms with Gasteiger partial charge in [0.2, 0.25) is 0 Å². The number of hydrogen-bond acceptors (Lipinski definition) is 4. The van der Waals surface area contributed by atoms with E-state index >= 15 is 0 Å². The van der Waals surface area contributed by atoms with Crippen LogP contribution in [0.1, 0.15) is 10.4 Å². The van der Waals surface area contributed by atoms with Crippen LogP contribution in [0, 0.1) is 4.77 Å². The molecular formula is C11H9N3O2S. The first-order chi connectivity index (χ1) is 8.15. The van der Waals surface area contributed by atoms with E-state index in [0.29, 0.717) is 12.0 Å². The molecule has 2 rings (SSSR count). The van der Waals surface area contributed by atoms with Crippen LogP contribution in [0.5, 0.6) is 0 Å². The van der Waals surface area contributed by atoms with Crippen molar-refractivity contribution in [3.8, 4) is 5.69 Å². The van der Waals surface area contributed by atoms with Gasteiger partial charge in [-0.3, -0.25) is 19.1 Å². The Morgan fingerprint density at radius 1 is 1.29 bits per heavy atom. The van der Waals surface area contributed by atoms with Crippen LogP contribution in [0.2, 0.25) is 0 Å². The van der Waals surface area contributed by atoms with Crippen molar-refractivity contribution >= 4 is 24.3 Å². The summed E-state index contributed by atoms with van der Waals surface area (Å²) in [6.07, 6.45) is 0.419. The van der Waals surface area contributed by atoms with Crippen molar-refractivity contribution in [2.75, 3.05) is 5.73 Å². The molecule has 3 N–H and O–H groups in total. The zero-order valence-electron chi connectivity index (χ0n) is 8.71.